The van der Waals surface area contributed by atoms with Crippen LogP contribution in [0, 0.1) is 6.92 Å². The van der Waals surface area contributed by atoms with Crippen LogP contribution in [0.4, 0.5) is 0 Å². The average molecular weight is 275 g/mol. The minimum atomic E-state index is 0.0899. The van der Waals surface area contributed by atoms with Gasteiger partial charge in [0.2, 0.25) is 5.91 Å². The Labute approximate surface area is 116 Å². The fourth-order valence-electron chi connectivity index (χ4n) is 1.70. The zero-order valence-corrected chi connectivity index (χ0v) is 12.0. The van der Waals surface area contributed by atoms with Gasteiger partial charge in [0.15, 0.2) is 0 Å². The molecule has 0 aliphatic carbocycles. The summed E-state index contributed by atoms with van der Waals surface area (Å²) in [4.78, 5) is 21.2. The predicted molar refractivity (Wildman–Crippen MR) is 77.1 cm³/mol. The molecule has 2 rings (SSSR count). The molecule has 0 atom stereocenters. The first-order valence-electron chi connectivity index (χ1n) is 6.35. The highest BCUT2D eigenvalue weighted by atomic mass is 32.1. The lowest BCUT2D eigenvalue weighted by atomic mass is 10.3. The number of carbonyl (C=O) groups is 1. The van der Waals surface area contributed by atoms with Gasteiger partial charge in [-0.25, -0.2) is 4.98 Å². The molecule has 0 radical (unpaired) electrons. The lowest BCUT2D eigenvalue weighted by molar-refractivity contribution is -0.120. The summed E-state index contributed by atoms with van der Waals surface area (Å²) in [6, 6.07) is 5.81. The zero-order valence-electron chi connectivity index (χ0n) is 11.1. The number of carbonyl (C=O) groups excluding carboxylic acids is 1. The van der Waals surface area contributed by atoms with E-state index in [1.54, 1.807) is 17.5 Å². The van der Waals surface area contributed by atoms with E-state index in [0.717, 1.165) is 22.8 Å². The van der Waals surface area contributed by atoms with Gasteiger partial charge in [-0.1, -0.05) is 13.0 Å². The second-order valence-electron chi connectivity index (χ2n) is 4.20. The van der Waals surface area contributed by atoms with Gasteiger partial charge in [-0.05, 0) is 19.1 Å². The Morgan fingerprint density at radius 2 is 2.26 bits per heavy atom. The third-order valence-corrected chi connectivity index (χ3v) is 4.01. The summed E-state index contributed by atoms with van der Waals surface area (Å²) < 4.78 is 0. The van der Waals surface area contributed by atoms with Crippen molar-refractivity contribution >= 4 is 17.2 Å². The molecule has 19 heavy (non-hydrogen) atoms. The Bertz CT molecular complexity index is 551. The summed E-state index contributed by atoms with van der Waals surface area (Å²) in [5, 5.41) is 3.82. The summed E-state index contributed by atoms with van der Waals surface area (Å²) in [6.45, 7) is 4.52. The number of amides is 1. The topological polar surface area (TPSA) is 54.9 Å². The quantitative estimate of drug-likeness (QED) is 0.912. The van der Waals surface area contributed by atoms with E-state index in [1.165, 1.54) is 4.88 Å². The molecule has 2 heterocycles. The van der Waals surface area contributed by atoms with Crippen molar-refractivity contribution < 1.29 is 4.79 Å². The highest BCUT2D eigenvalue weighted by Gasteiger charge is 2.10. The first-order valence-corrected chi connectivity index (χ1v) is 7.16. The molecule has 0 unspecified atom stereocenters. The molecule has 0 spiro atoms. The van der Waals surface area contributed by atoms with Gasteiger partial charge in [-0.15, -0.1) is 11.3 Å². The SMILES string of the molecule is CCC(=O)NCCc1sc(-c2ccccn2)nc1C. The van der Waals surface area contributed by atoms with Crippen molar-refractivity contribution in [2.75, 3.05) is 6.54 Å². The second-order valence-corrected chi connectivity index (χ2v) is 5.28. The standard InChI is InChI=1S/C14H17N3OS/c1-3-13(18)16-9-7-12-10(2)17-14(19-12)11-6-4-5-8-15-11/h4-6,8H,3,7,9H2,1-2H3,(H,16,18). The van der Waals surface area contributed by atoms with E-state index >= 15 is 0 Å². The molecule has 0 bridgehead atoms. The number of hydrogen-bond donors (Lipinski definition) is 1. The molecule has 0 saturated carbocycles. The number of aryl methyl sites for hydroxylation is 1. The third-order valence-electron chi connectivity index (χ3n) is 2.77. The van der Waals surface area contributed by atoms with Crippen LogP contribution in [0.1, 0.15) is 23.9 Å². The van der Waals surface area contributed by atoms with Gasteiger partial charge in [0.25, 0.3) is 0 Å². The Hall–Kier alpha value is -1.75. The molecule has 0 aliphatic rings. The van der Waals surface area contributed by atoms with Crippen molar-refractivity contribution in [1.29, 1.82) is 0 Å². The maximum Gasteiger partial charge on any atom is 0.219 e. The van der Waals surface area contributed by atoms with E-state index < -0.39 is 0 Å². The molecule has 1 N–H and O–H groups in total. The van der Waals surface area contributed by atoms with Gasteiger partial charge in [-0.2, -0.15) is 0 Å². The van der Waals surface area contributed by atoms with Crippen LogP contribution in [-0.2, 0) is 11.2 Å². The molecule has 100 valence electrons. The van der Waals surface area contributed by atoms with Crippen LogP contribution in [0.25, 0.3) is 10.7 Å². The van der Waals surface area contributed by atoms with Crippen LogP contribution < -0.4 is 5.32 Å². The summed E-state index contributed by atoms with van der Waals surface area (Å²) in [5.74, 6) is 0.0899. The van der Waals surface area contributed by atoms with E-state index in [9.17, 15) is 4.79 Å². The van der Waals surface area contributed by atoms with Crippen LogP contribution in [0.5, 0.6) is 0 Å². The number of rotatable bonds is 5. The van der Waals surface area contributed by atoms with Crippen molar-refractivity contribution in [2.24, 2.45) is 0 Å². The number of pyridine rings is 1. The largest absolute Gasteiger partial charge is 0.356 e. The molecular formula is C14H17N3OS. The fraction of sp³-hybridized carbons (Fsp3) is 0.357. The van der Waals surface area contributed by atoms with Gasteiger partial charge in [0.1, 0.15) is 5.01 Å². The maximum absolute atomic E-state index is 11.2. The van der Waals surface area contributed by atoms with E-state index in [0.29, 0.717) is 13.0 Å². The van der Waals surface area contributed by atoms with Crippen LogP contribution >= 0.6 is 11.3 Å². The van der Waals surface area contributed by atoms with Crippen molar-refractivity contribution in [3.05, 3.63) is 35.0 Å². The van der Waals surface area contributed by atoms with Crippen molar-refractivity contribution in [3.63, 3.8) is 0 Å². The number of hydrogen-bond acceptors (Lipinski definition) is 4. The highest BCUT2D eigenvalue weighted by Crippen LogP contribution is 2.26. The van der Waals surface area contributed by atoms with Gasteiger partial charge < -0.3 is 5.32 Å². The van der Waals surface area contributed by atoms with Crippen LogP contribution in [-0.4, -0.2) is 22.4 Å². The molecule has 0 saturated heterocycles. The van der Waals surface area contributed by atoms with Crippen molar-refractivity contribution in [2.45, 2.75) is 26.7 Å². The number of aromatic nitrogens is 2. The minimum Gasteiger partial charge on any atom is -0.356 e. The van der Waals surface area contributed by atoms with E-state index in [4.69, 9.17) is 0 Å². The Morgan fingerprint density at radius 3 is 2.95 bits per heavy atom. The third kappa shape index (κ3) is 3.61. The summed E-state index contributed by atoms with van der Waals surface area (Å²) in [7, 11) is 0. The monoisotopic (exact) mass is 275 g/mol. The van der Waals surface area contributed by atoms with Crippen molar-refractivity contribution in [1.82, 2.24) is 15.3 Å². The average Bonchev–Trinajstić information content (AvgIpc) is 2.81. The first-order chi connectivity index (χ1) is 9.20. The van der Waals surface area contributed by atoms with Gasteiger partial charge >= 0.3 is 0 Å². The molecular weight excluding hydrogens is 258 g/mol. The first kappa shape index (κ1) is 13.7. The zero-order chi connectivity index (χ0) is 13.7. The van der Waals surface area contributed by atoms with Gasteiger partial charge in [-0.3, -0.25) is 9.78 Å². The molecule has 4 nitrogen and oxygen atoms in total. The minimum absolute atomic E-state index is 0.0899. The normalized spacial score (nSPS) is 10.4. The molecule has 0 aromatic carbocycles. The summed E-state index contributed by atoms with van der Waals surface area (Å²) in [5.41, 5.74) is 1.93. The van der Waals surface area contributed by atoms with Crippen LogP contribution in [0.3, 0.4) is 0 Å². The number of nitrogens with one attached hydrogen (secondary N) is 1. The molecule has 2 aromatic heterocycles. The van der Waals surface area contributed by atoms with Gasteiger partial charge in [0, 0.05) is 30.5 Å². The summed E-state index contributed by atoms with van der Waals surface area (Å²) >= 11 is 1.65. The Kier molecular flexibility index (Phi) is 4.63. The van der Waals surface area contributed by atoms with Crippen LogP contribution in [0.2, 0.25) is 0 Å². The molecule has 0 fully saturated rings. The fourth-order valence-corrected chi connectivity index (χ4v) is 2.74. The number of thiazole rings is 1. The molecule has 0 aliphatic heterocycles. The summed E-state index contributed by atoms with van der Waals surface area (Å²) in [6.07, 6.45) is 3.12. The Balaban J connectivity index is 2.03. The van der Waals surface area contributed by atoms with Crippen molar-refractivity contribution in [3.8, 4) is 10.7 Å². The van der Waals surface area contributed by atoms with Gasteiger partial charge in [0.05, 0.1) is 11.4 Å². The lowest BCUT2D eigenvalue weighted by Gasteiger charge is -2.01. The second kappa shape index (κ2) is 6.43. The lowest BCUT2D eigenvalue weighted by Crippen LogP contribution is -2.24. The van der Waals surface area contributed by atoms with Crippen LogP contribution in [0.15, 0.2) is 24.4 Å². The molecule has 1 amide bonds. The van der Waals surface area contributed by atoms with E-state index in [-0.39, 0.29) is 5.91 Å². The number of nitrogens with zero attached hydrogens (tertiary/aromatic N) is 2. The predicted octanol–water partition coefficient (Wildman–Crippen LogP) is 2.58. The molecule has 2 aromatic rings. The Morgan fingerprint density at radius 1 is 1.42 bits per heavy atom. The highest BCUT2D eigenvalue weighted by molar-refractivity contribution is 7.15. The molecule has 5 heteroatoms. The van der Waals surface area contributed by atoms with E-state index in [1.807, 2.05) is 32.0 Å². The smallest absolute Gasteiger partial charge is 0.219 e. The van der Waals surface area contributed by atoms with E-state index in [2.05, 4.69) is 15.3 Å². The maximum atomic E-state index is 11.2.